The molecule has 1 saturated heterocycles. The number of fused-ring (bicyclic) bond motifs is 1. The van der Waals surface area contributed by atoms with Gasteiger partial charge in [0.15, 0.2) is 0 Å². The smallest absolute Gasteiger partial charge is 0.326 e. The van der Waals surface area contributed by atoms with Crippen LogP contribution < -0.4 is 21.5 Å². The normalized spacial score (nSPS) is 14.3. The number of aromatic nitrogens is 3. The number of carbonyl (C=O) groups is 1. The van der Waals surface area contributed by atoms with Crippen molar-refractivity contribution in [3.8, 4) is 16.9 Å². The number of imidazole rings is 1. The van der Waals surface area contributed by atoms with Crippen LogP contribution in [0, 0.1) is 0 Å². The van der Waals surface area contributed by atoms with Gasteiger partial charge < -0.3 is 25.7 Å². The summed E-state index contributed by atoms with van der Waals surface area (Å²) in [6.07, 6.45) is 3.03. The van der Waals surface area contributed by atoms with Crippen molar-refractivity contribution in [2.75, 3.05) is 31.2 Å². The Morgan fingerprint density at radius 1 is 1.20 bits per heavy atom. The fourth-order valence-electron chi connectivity index (χ4n) is 4.59. The second-order valence-electron chi connectivity index (χ2n) is 8.47. The van der Waals surface area contributed by atoms with Gasteiger partial charge in [0.1, 0.15) is 11.6 Å². The van der Waals surface area contributed by atoms with Gasteiger partial charge in [-0.1, -0.05) is 23.7 Å². The summed E-state index contributed by atoms with van der Waals surface area (Å²) in [5.74, 6) is 0.989. The number of benzene rings is 2. The number of para-hydroxylation sites is 1. The molecule has 4 aromatic rings. The van der Waals surface area contributed by atoms with Gasteiger partial charge in [-0.2, -0.15) is 0 Å². The zero-order chi connectivity index (χ0) is 24.5. The minimum absolute atomic E-state index is 0.0180. The first kappa shape index (κ1) is 22.8. The van der Waals surface area contributed by atoms with Crippen LogP contribution >= 0.6 is 11.6 Å². The first-order valence-corrected chi connectivity index (χ1v) is 11.7. The van der Waals surface area contributed by atoms with Crippen LogP contribution in [0.2, 0.25) is 5.02 Å². The Hall–Kier alpha value is -3.98. The number of urea groups is 1. The topological polar surface area (TPSA) is 118 Å². The maximum absolute atomic E-state index is 13.0. The number of nitrogens with one attached hydrogen (secondary N) is 2. The zero-order valence-corrected chi connectivity index (χ0v) is 19.9. The molecule has 0 saturated carbocycles. The van der Waals surface area contributed by atoms with E-state index in [0.29, 0.717) is 48.2 Å². The number of rotatable bonds is 4. The summed E-state index contributed by atoms with van der Waals surface area (Å²) in [4.78, 5) is 34.7. The Bertz CT molecular complexity index is 1440. The SMILES string of the molecule is COc1ccc(NC(=O)N2CCC(n3c(=O)[nH]c4c(-c5ccc(N)nc5)cccc43)CC2)cc1Cl. The molecule has 0 atom stereocenters. The Kier molecular flexibility index (Phi) is 6.08. The van der Waals surface area contributed by atoms with E-state index in [-0.39, 0.29) is 17.8 Å². The second-order valence-corrected chi connectivity index (χ2v) is 8.88. The van der Waals surface area contributed by atoms with Crippen LogP contribution in [0.3, 0.4) is 0 Å². The molecule has 0 aliphatic carbocycles. The summed E-state index contributed by atoms with van der Waals surface area (Å²) in [5.41, 5.74) is 9.52. The van der Waals surface area contributed by atoms with Gasteiger partial charge in [-0.25, -0.2) is 14.6 Å². The molecular weight excluding hydrogens is 468 g/mol. The van der Waals surface area contributed by atoms with Crippen molar-refractivity contribution in [1.29, 1.82) is 0 Å². The van der Waals surface area contributed by atoms with Gasteiger partial charge in [-0.3, -0.25) is 4.57 Å². The largest absolute Gasteiger partial charge is 0.495 e. The van der Waals surface area contributed by atoms with Crippen molar-refractivity contribution >= 4 is 40.2 Å². The molecule has 2 aromatic heterocycles. The fourth-order valence-corrected chi connectivity index (χ4v) is 4.85. The zero-order valence-electron chi connectivity index (χ0n) is 19.1. The summed E-state index contributed by atoms with van der Waals surface area (Å²) in [6.45, 7) is 1.06. The van der Waals surface area contributed by atoms with Crippen LogP contribution in [-0.2, 0) is 0 Å². The van der Waals surface area contributed by atoms with E-state index in [9.17, 15) is 9.59 Å². The van der Waals surface area contributed by atoms with E-state index in [0.717, 1.165) is 22.2 Å². The summed E-state index contributed by atoms with van der Waals surface area (Å²) in [5, 5.41) is 3.31. The molecule has 0 bridgehead atoms. The molecule has 3 heterocycles. The minimum atomic E-state index is -0.200. The highest BCUT2D eigenvalue weighted by atomic mass is 35.5. The number of piperidine rings is 1. The lowest BCUT2D eigenvalue weighted by atomic mass is 10.0. The van der Waals surface area contributed by atoms with E-state index >= 15 is 0 Å². The lowest BCUT2D eigenvalue weighted by Gasteiger charge is -2.32. The van der Waals surface area contributed by atoms with Gasteiger partial charge in [0.2, 0.25) is 0 Å². The van der Waals surface area contributed by atoms with Crippen LogP contribution in [0.4, 0.5) is 16.3 Å². The van der Waals surface area contributed by atoms with E-state index in [1.807, 2.05) is 28.8 Å². The maximum atomic E-state index is 13.0. The van der Waals surface area contributed by atoms with E-state index in [1.165, 1.54) is 0 Å². The van der Waals surface area contributed by atoms with Crippen LogP contribution in [0.5, 0.6) is 5.75 Å². The third-order valence-corrected chi connectivity index (χ3v) is 6.67. The van der Waals surface area contributed by atoms with Crippen molar-refractivity contribution < 1.29 is 9.53 Å². The number of hydrogen-bond acceptors (Lipinski definition) is 5. The quantitative estimate of drug-likeness (QED) is 0.387. The molecule has 2 aromatic carbocycles. The highest BCUT2D eigenvalue weighted by Crippen LogP contribution is 2.31. The Morgan fingerprint density at radius 3 is 2.69 bits per heavy atom. The molecule has 1 aliphatic rings. The van der Waals surface area contributed by atoms with Crippen molar-refractivity contribution in [3.63, 3.8) is 0 Å². The molecule has 9 nitrogen and oxygen atoms in total. The Morgan fingerprint density at radius 2 is 2.00 bits per heavy atom. The van der Waals surface area contributed by atoms with Crippen molar-refractivity contribution in [1.82, 2.24) is 19.4 Å². The molecule has 5 rings (SSSR count). The standard InChI is InChI=1S/C25H25ClN6O3/c1-35-21-7-6-16(13-19(21)26)29-24(33)31-11-9-17(10-12-31)32-20-4-2-3-18(23(20)30-25(32)34)15-5-8-22(27)28-14-15/h2-8,13-14,17H,9-12H2,1H3,(H2,27,28)(H,29,33)(H,30,34). The number of pyridine rings is 1. The second kappa shape index (κ2) is 9.34. The highest BCUT2D eigenvalue weighted by Gasteiger charge is 2.27. The molecular formula is C25H25ClN6O3. The van der Waals surface area contributed by atoms with E-state index in [2.05, 4.69) is 15.3 Å². The van der Waals surface area contributed by atoms with Crippen LogP contribution in [-0.4, -0.2) is 45.7 Å². The molecule has 10 heteroatoms. The summed E-state index contributed by atoms with van der Waals surface area (Å²) >= 11 is 6.16. The number of carbonyl (C=O) groups excluding carboxylic acids is 1. The molecule has 4 N–H and O–H groups in total. The van der Waals surface area contributed by atoms with Gasteiger partial charge >= 0.3 is 11.7 Å². The first-order chi connectivity index (χ1) is 16.9. The number of nitrogens with zero attached hydrogens (tertiary/aromatic N) is 3. The van der Waals surface area contributed by atoms with Gasteiger partial charge in [-0.05, 0) is 49.2 Å². The van der Waals surface area contributed by atoms with Crippen LogP contribution in [0.25, 0.3) is 22.2 Å². The maximum Gasteiger partial charge on any atom is 0.326 e. The molecule has 35 heavy (non-hydrogen) atoms. The van der Waals surface area contributed by atoms with Crippen molar-refractivity contribution in [3.05, 3.63) is 70.2 Å². The number of likely N-dealkylation sites (tertiary alicyclic amines) is 1. The van der Waals surface area contributed by atoms with Gasteiger partial charge in [0.25, 0.3) is 0 Å². The lowest BCUT2D eigenvalue weighted by Crippen LogP contribution is -2.42. The third-order valence-electron chi connectivity index (χ3n) is 6.37. The molecule has 2 amide bonds. The number of hydrogen-bond donors (Lipinski definition) is 3. The fraction of sp³-hybridized carbons (Fsp3) is 0.240. The number of amides is 2. The van der Waals surface area contributed by atoms with Crippen LogP contribution in [0.15, 0.2) is 59.5 Å². The molecule has 0 spiro atoms. The van der Waals surface area contributed by atoms with Crippen LogP contribution in [0.1, 0.15) is 18.9 Å². The monoisotopic (exact) mass is 492 g/mol. The van der Waals surface area contributed by atoms with Gasteiger partial charge in [0, 0.05) is 42.1 Å². The number of aromatic amines is 1. The third kappa shape index (κ3) is 4.42. The number of H-pyrrole nitrogens is 1. The van der Waals surface area contributed by atoms with E-state index < -0.39 is 0 Å². The summed E-state index contributed by atoms with van der Waals surface area (Å²) in [6, 6.07) is 14.3. The molecule has 0 radical (unpaired) electrons. The first-order valence-electron chi connectivity index (χ1n) is 11.3. The number of nitrogen functional groups attached to an aromatic ring is 1. The minimum Gasteiger partial charge on any atom is -0.495 e. The number of halogens is 1. The number of nitrogens with two attached hydrogens (primary N) is 1. The predicted octanol–water partition coefficient (Wildman–Crippen LogP) is 4.50. The van der Waals surface area contributed by atoms with E-state index in [4.69, 9.17) is 22.1 Å². The number of ether oxygens (including phenoxy) is 1. The van der Waals surface area contributed by atoms with Crippen molar-refractivity contribution in [2.45, 2.75) is 18.9 Å². The summed E-state index contributed by atoms with van der Waals surface area (Å²) < 4.78 is 6.96. The highest BCUT2D eigenvalue weighted by molar-refractivity contribution is 6.32. The lowest BCUT2D eigenvalue weighted by molar-refractivity contribution is 0.184. The van der Waals surface area contributed by atoms with Gasteiger partial charge in [-0.15, -0.1) is 0 Å². The molecule has 1 aliphatic heterocycles. The average Bonchev–Trinajstić information content (AvgIpc) is 3.20. The van der Waals surface area contributed by atoms with Crippen molar-refractivity contribution in [2.24, 2.45) is 0 Å². The predicted molar refractivity (Wildman–Crippen MR) is 137 cm³/mol. The number of anilines is 2. The molecule has 180 valence electrons. The molecule has 0 unspecified atom stereocenters. The number of methoxy groups -OCH3 is 1. The van der Waals surface area contributed by atoms with E-state index in [1.54, 1.807) is 42.5 Å². The Balaban J connectivity index is 1.32. The summed E-state index contributed by atoms with van der Waals surface area (Å²) in [7, 11) is 1.54. The average molecular weight is 493 g/mol. The Labute approximate surface area is 206 Å². The molecule has 1 fully saturated rings. The van der Waals surface area contributed by atoms with Gasteiger partial charge in [0.05, 0.1) is 23.2 Å².